The number of rotatable bonds is 4. The topological polar surface area (TPSA) is 64.2 Å². The fraction of sp³-hybridized carbons (Fsp3) is 0.200. The first-order chi connectivity index (χ1) is 12.9. The molecule has 2 N–H and O–H groups in total. The van der Waals surface area contributed by atoms with Gasteiger partial charge in [0, 0.05) is 37.3 Å². The average molecular weight is 385 g/mol. The third-order valence-corrected chi connectivity index (χ3v) is 5.14. The quantitative estimate of drug-likeness (QED) is 0.748. The van der Waals surface area contributed by atoms with Gasteiger partial charge in [-0.1, -0.05) is 29.8 Å². The van der Waals surface area contributed by atoms with Crippen LogP contribution in [-0.2, 0) is 13.6 Å². The van der Waals surface area contributed by atoms with Crippen LogP contribution in [0.2, 0.25) is 5.02 Å². The van der Waals surface area contributed by atoms with Crippen LogP contribution in [0.3, 0.4) is 0 Å². The highest BCUT2D eigenvalue weighted by molar-refractivity contribution is 6.33. The lowest BCUT2D eigenvalue weighted by Crippen LogP contribution is -2.32. The molecule has 0 spiro atoms. The molecule has 0 fully saturated rings. The van der Waals surface area contributed by atoms with Crippen molar-refractivity contribution in [2.75, 3.05) is 6.54 Å². The second-order valence-electron chi connectivity index (χ2n) is 6.68. The van der Waals surface area contributed by atoms with E-state index in [4.69, 9.17) is 17.3 Å². The summed E-state index contributed by atoms with van der Waals surface area (Å²) in [5.41, 5.74) is 10.3. The number of carbonyl (C=O) groups excluding carboxylic acids is 1. The van der Waals surface area contributed by atoms with Crippen LogP contribution in [0.25, 0.3) is 11.3 Å². The molecule has 0 radical (unpaired) electrons. The van der Waals surface area contributed by atoms with Crippen LogP contribution in [-0.4, -0.2) is 27.1 Å². The molecule has 1 amide bonds. The van der Waals surface area contributed by atoms with Gasteiger partial charge in [0.25, 0.3) is 5.91 Å². The molecule has 2 aromatic carbocycles. The first-order valence-electron chi connectivity index (χ1n) is 8.55. The molecule has 0 aliphatic carbocycles. The van der Waals surface area contributed by atoms with Gasteiger partial charge in [-0.3, -0.25) is 9.48 Å². The van der Waals surface area contributed by atoms with Crippen LogP contribution in [0.5, 0.6) is 0 Å². The molecule has 1 aromatic heterocycles. The van der Waals surface area contributed by atoms with Crippen molar-refractivity contribution >= 4 is 17.5 Å². The Kier molecular flexibility index (Phi) is 4.45. The van der Waals surface area contributed by atoms with Gasteiger partial charge in [-0.15, -0.1) is 0 Å². The van der Waals surface area contributed by atoms with Crippen molar-refractivity contribution in [3.63, 3.8) is 0 Å². The van der Waals surface area contributed by atoms with Gasteiger partial charge in [0.15, 0.2) is 0 Å². The van der Waals surface area contributed by atoms with E-state index in [0.717, 1.165) is 22.4 Å². The van der Waals surface area contributed by atoms with Gasteiger partial charge in [0.1, 0.15) is 5.82 Å². The first kappa shape index (κ1) is 17.7. The zero-order chi connectivity index (χ0) is 19.1. The number of fused-ring (bicyclic) bond motifs is 1. The lowest BCUT2D eigenvalue weighted by molar-refractivity contribution is 0.0768. The molecule has 1 atom stereocenters. The molecule has 4 rings (SSSR count). The largest absolute Gasteiger partial charge is 0.332 e. The zero-order valence-corrected chi connectivity index (χ0v) is 15.4. The summed E-state index contributed by atoms with van der Waals surface area (Å²) in [7, 11) is 1.83. The van der Waals surface area contributed by atoms with E-state index in [0.29, 0.717) is 23.7 Å². The second-order valence-corrected chi connectivity index (χ2v) is 7.09. The molecule has 3 aromatic rings. The van der Waals surface area contributed by atoms with Gasteiger partial charge in [-0.05, 0) is 35.4 Å². The Balaban J connectivity index is 1.56. The molecule has 0 saturated carbocycles. The minimum atomic E-state index is -0.380. The number of nitrogens with two attached hydrogens (primary N) is 1. The summed E-state index contributed by atoms with van der Waals surface area (Å²) < 4.78 is 14.8. The predicted molar refractivity (Wildman–Crippen MR) is 102 cm³/mol. The number of halogens is 2. The van der Waals surface area contributed by atoms with Crippen LogP contribution in [0.4, 0.5) is 4.39 Å². The Morgan fingerprint density at radius 1 is 1.26 bits per heavy atom. The average Bonchev–Trinajstić information content (AvgIpc) is 3.14. The highest BCUT2D eigenvalue weighted by atomic mass is 35.5. The molecule has 1 aliphatic rings. The molecule has 0 saturated heterocycles. The number of benzene rings is 2. The molecule has 138 valence electrons. The number of hydrogen-bond donors (Lipinski definition) is 1. The van der Waals surface area contributed by atoms with E-state index in [1.165, 1.54) is 12.1 Å². The summed E-state index contributed by atoms with van der Waals surface area (Å²) in [4.78, 5) is 14.4. The zero-order valence-electron chi connectivity index (χ0n) is 14.7. The van der Waals surface area contributed by atoms with Gasteiger partial charge < -0.3 is 10.6 Å². The van der Waals surface area contributed by atoms with Gasteiger partial charge in [-0.2, -0.15) is 5.10 Å². The lowest BCUT2D eigenvalue weighted by Gasteiger charge is -2.21. The van der Waals surface area contributed by atoms with Crippen molar-refractivity contribution in [1.82, 2.24) is 14.7 Å². The van der Waals surface area contributed by atoms with Gasteiger partial charge in [0.2, 0.25) is 0 Å². The fourth-order valence-corrected chi connectivity index (χ4v) is 3.74. The Morgan fingerprint density at radius 3 is 2.67 bits per heavy atom. The molecule has 2 heterocycles. The van der Waals surface area contributed by atoms with Crippen LogP contribution < -0.4 is 5.73 Å². The standard InChI is InChI=1S/C20H18ClFN4O/c1-25-19(17(21)9-24-25)13-4-7-16-14(8-13)10-26(20(16)27)11-18(23)12-2-5-15(22)6-3-12/h2-9,18H,10-11,23H2,1H3. The smallest absolute Gasteiger partial charge is 0.254 e. The Bertz CT molecular complexity index is 996. The van der Waals surface area contributed by atoms with Gasteiger partial charge in [0.05, 0.1) is 16.9 Å². The minimum absolute atomic E-state index is 0.0507. The number of aromatic nitrogens is 2. The van der Waals surface area contributed by atoms with Crippen molar-refractivity contribution < 1.29 is 9.18 Å². The van der Waals surface area contributed by atoms with Crippen molar-refractivity contribution in [2.45, 2.75) is 12.6 Å². The number of carbonyl (C=O) groups is 1. The number of amides is 1. The molecule has 7 heteroatoms. The SMILES string of the molecule is Cn1ncc(Cl)c1-c1ccc2c(c1)CN(CC(N)c1ccc(F)cc1)C2=O. The van der Waals surface area contributed by atoms with Crippen molar-refractivity contribution in [3.8, 4) is 11.3 Å². The highest BCUT2D eigenvalue weighted by Gasteiger charge is 2.29. The summed E-state index contributed by atoms with van der Waals surface area (Å²) in [5, 5.41) is 4.73. The Hall–Kier alpha value is -2.70. The molecule has 1 unspecified atom stereocenters. The van der Waals surface area contributed by atoms with E-state index >= 15 is 0 Å². The molecular weight excluding hydrogens is 367 g/mol. The maximum Gasteiger partial charge on any atom is 0.254 e. The van der Waals surface area contributed by atoms with Crippen LogP contribution in [0, 0.1) is 5.82 Å². The number of hydrogen-bond acceptors (Lipinski definition) is 3. The third-order valence-electron chi connectivity index (χ3n) is 4.87. The fourth-order valence-electron chi connectivity index (χ4n) is 3.46. The molecule has 5 nitrogen and oxygen atoms in total. The summed E-state index contributed by atoms with van der Waals surface area (Å²) in [6, 6.07) is 11.3. The van der Waals surface area contributed by atoms with E-state index in [1.54, 1.807) is 27.9 Å². The molecular formula is C20H18ClFN4O. The van der Waals surface area contributed by atoms with E-state index in [1.807, 2.05) is 25.2 Å². The Morgan fingerprint density at radius 2 is 2.00 bits per heavy atom. The lowest BCUT2D eigenvalue weighted by atomic mass is 10.0. The minimum Gasteiger partial charge on any atom is -0.332 e. The van der Waals surface area contributed by atoms with E-state index in [-0.39, 0.29) is 17.8 Å². The van der Waals surface area contributed by atoms with Crippen molar-refractivity contribution in [3.05, 3.63) is 76.2 Å². The monoisotopic (exact) mass is 384 g/mol. The highest BCUT2D eigenvalue weighted by Crippen LogP contribution is 2.32. The second kappa shape index (κ2) is 6.79. The van der Waals surface area contributed by atoms with Gasteiger partial charge in [-0.25, -0.2) is 4.39 Å². The maximum atomic E-state index is 13.1. The summed E-state index contributed by atoms with van der Waals surface area (Å²) >= 11 is 6.23. The molecule has 0 bridgehead atoms. The summed E-state index contributed by atoms with van der Waals surface area (Å²) in [6.07, 6.45) is 1.60. The molecule has 1 aliphatic heterocycles. The van der Waals surface area contributed by atoms with Crippen LogP contribution in [0.1, 0.15) is 27.5 Å². The number of aryl methyl sites for hydroxylation is 1. The first-order valence-corrected chi connectivity index (χ1v) is 8.93. The molecule has 27 heavy (non-hydrogen) atoms. The summed E-state index contributed by atoms with van der Waals surface area (Å²) in [6.45, 7) is 0.841. The Labute approximate surface area is 161 Å². The van der Waals surface area contributed by atoms with Crippen LogP contribution >= 0.6 is 11.6 Å². The van der Waals surface area contributed by atoms with Crippen molar-refractivity contribution in [1.29, 1.82) is 0 Å². The predicted octanol–water partition coefficient (Wildman–Crippen LogP) is 3.54. The van der Waals surface area contributed by atoms with E-state index < -0.39 is 0 Å². The van der Waals surface area contributed by atoms with E-state index in [9.17, 15) is 9.18 Å². The third kappa shape index (κ3) is 3.22. The number of nitrogens with zero attached hydrogens (tertiary/aromatic N) is 3. The van der Waals surface area contributed by atoms with Crippen molar-refractivity contribution in [2.24, 2.45) is 12.8 Å². The van der Waals surface area contributed by atoms with E-state index in [2.05, 4.69) is 5.10 Å². The van der Waals surface area contributed by atoms with Crippen LogP contribution in [0.15, 0.2) is 48.7 Å². The van der Waals surface area contributed by atoms with Gasteiger partial charge >= 0.3 is 0 Å². The normalized spacial score (nSPS) is 14.5. The summed E-state index contributed by atoms with van der Waals surface area (Å²) in [5.74, 6) is -0.359. The maximum absolute atomic E-state index is 13.1.